The number of hydrogen-bond acceptors (Lipinski definition) is 0. The van der Waals surface area contributed by atoms with Crippen molar-refractivity contribution in [3.8, 4) is 0 Å². The summed E-state index contributed by atoms with van der Waals surface area (Å²) in [4.78, 5) is 3.11. The van der Waals surface area contributed by atoms with E-state index < -0.39 is 0 Å². The van der Waals surface area contributed by atoms with Crippen LogP contribution in [0.1, 0.15) is 138 Å². The fraction of sp³-hybridized carbons (Fsp3) is 0.556. The Bertz CT molecular complexity index is 1010. The largest absolute Gasteiger partial charge is 0.348 e. The van der Waals surface area contributed by atoms with E-state index in [0.29, 0.717) is 0 Å². The van der Waals surface area contributed by atoms with Gasteiger partial charge in [0.2, 0.25) is 0 Å². The number of aryl methyl sites for hydroxylation is 4. The van der Waals surface area contributed by atoms with Crippen molar-refractivity contribution in [3.63, 3.8) is 0 Å². The summed E-state index contributed by atoms with van der Waals surface area (Å²) in [5, 5.41) is 0. The minimum absolute atomic E-state index is 1.12. The number of hydrogen-bond donors (Lipinski definition) is 0. The molecule has 2 rings (SSSR count). The van der Waals surface area contributed by atoms with Crippen LogP contribution < -0.4 is 0 Å². The molecular weight excluding hydrogens is 460 g/mol. The fourth-order valence-electron chi connectivity index (χ4n) is 5.20. The maximum absolute atomic E-state index is 9.03. The summed E-state index contributed by atoms with van der Waals surface area (Å²) in [6.45, 7) is 9.08. The summed E-state index contributed by atoms with van der Waals surface area (Å²) in [5.41, 5.74) is 18.5. The highest BCUT2D eigenvalue weighted by Gasteiger charge is 2.12. The normalized spacial score (nSPS) is 11.3. The molecule has 0 saturated heterocycles. The summed E-state index contributed by atoms with van der Waals surface area (Å²) in [7, 11) is 0. The fourth-order valence-corrected chi connectivity index (χ4v) is 5.20. The highest BCUT2D eigenvalue weighted by molar-refractivity contribution is 5.83. The van der Waals surface area contributed by atoms with Crippen molar-refractivity contribution in [2.24, 2.45) is 0 Å². The number of unbranched alkanes of at least 4 members (excludes halogenated alkanes) is 8. The second kappa shape index (κ2) is 19.4. The summed E-state index contributed by atoms with van der Waals surface area (Å²) in [6.07, 6.45) is 23.4. The standard InChI is InChI=1S/C36H52N2/c1-5-9-13-15-20-32-25-33(21-16-14-10-6-2)29-35(28-32)36(22-17-23-38-37)34-26-30(18-11-7-3)24-31(27-34)19-12-8-4/h17,22,24-29H,5-16,18-21H2,1-4H3. The predicted molar refractivity (Wildman–Crippen MR) is 166 cm³/mol. The summed E-state index contributed by atoms with van der Waals surface area (Å²) < 4.78 is 0. The Kier molecular flexibility index (Phi) is 16.1. The molecule has 0 spiro atoms. The first kappa shape index (κ1) is 31.6. The van der Waals surface area contributed by atoms with Crippen molar-refractivity contribution in [1.29, 1.82) is 0 Å². The van der Waals surface area contributed by atoms with Gasteiger partial charge in [0, 0.05) is 0 Å². The quantitative estimate of drug-likeness (QED) is 0.0590. The van der Waals surface area contributed by atoms with Gasteiger partial charge in [-0.1, -0.05) is 115 Å². The minimum Gasteiger partial charge on any atom is -0.348 e. The van der Waals surface area contributed by atoms with Crippen molar-refractivity contribution in [2.45, 2.75) is 130 Å². The van der Waals surface area contributed by atoms with Crippen LogP contribution in [-0.4, -0.2) is 10.7 Å². The molecule has 2 aromatic rings. The first-order valence-corrected chi connectivity index (χ1v) is 15.5. The van der Waals surface area contributed by atoms with Gasteiger partial charge in [-0.15, -0.1) is 4.79 Å². The molecule has 0 saturated carbocycles. The van der Waals surface area contributed by atoms with Crippen molar-refractivity contribution in [1.82, 2.24) is 0 Å². The molecule has 38 heavy (non-hydrogen) atoms. The lowest BCUT2D eigenvalue weighted by molar-refractivity contribution is 0.00805. The van der Waals surface area contributed by atoms with Gasteiger partial charge in [-0.3, -0.25) is 0 Å². The van der Waals surface area contributed by atoms with E-state index in [1.165, 1.54) is 116 Å². The van der Waals surface area contributed by atoms with E-state index in [1.54, 1.807) is 6.08 Å². The molecule has 0 radical (unpaired) electrons. The zero-order valence-corrected chi connectivity index (χ0v) is 24.8. The molecule has 0 atom stereocenters. The molecule has 0 aliphatic carbocycles. The lowest BCUT2D eigenvalue weighted by atomic mass is 9.89. The number of rotatable bonds is 19. The van der Waals surface area contributed by atoms with Gasteiger partial charge in [0.05, 0.1) is 6.08 Å². The highest BCUT2D eigenvalue weighted by atomic mass is 14.8. The van der Waals surface area contributed by atoms with E-state index in [0.717, 1.165) is 25.7 Å². The van der Waals surface area contributed by atoms with E-state index in [2.05, 4.69) is 80.8 Å². The Hall–Kier alpha value is -2.66. The van der Waals surface area contributed by atoms with E-state index in [4.69, 9.17) is 5.53 Å². The van der Waals surface area contributed by atoms with Gasteiger partial charge in [-0.05, 0) is 96.4 Å². The third-order valence-corrected chi connectivity index (χ3v) is 7.39. The van der Waals surface area contributed by atoms with Crippen LogP contribution in [0.2, 0.25) is 0 Å². The topological polar surface area (TPSA) is 36.4 Å². The zero-order valence-electron chi connectivity index (χ0n) is 24.8. The van der Waals surface area contributed by atoms with Crippen molar-refractivity contribution < 1.29 is 4.79 Å². The molecule has 2 aromatic carbocycles. The second-order valence-electron chi connectivity index (χ2n) is 10.9. The molecule has 0 amide bonds. The van der Waals surface area contributed by atoms with Crippen molar-refractivity contribution >= 4 is 11.4 Å². The minimum atomic E-state index is 1.12. The van der Waals surface area contributed by atoms with E-state index in [9.17, 15) is 0 Å². The average Bonchev–Trinajstić information content (AvgIpc) is 2.93. The van der Waals surface area contributed by atoms with Crippen LogP contribution in [-0.2, 0) is 25.7 Å². The van der Waals surface area contributed by atoms with Gasteiger partial charge in [0.25, 0.3) is 5.87 Å². The first-order chi connectivity index (χ1) is 18.6. The molecule has 0 aromatic heterocycles. The van der Waals surface area contributed by atoms with Gasteiger partial charge >= 0.3 is 0 Å². The molecule has 0 N–H and O–H groups in total. The Morgan fingerprint density at radius 3 is 1.34 bits per heavy atom. The smallest absolute Gasteiger partial charge is 0.299 e. The molecule has 0 bridgehead atoms. The van der Waals surface area contributed by atoms with Crippen molar-refractivity contribution in [2.75, 3.05) is 0 Å². The summed E-state index contributed by atoms with van der Waals surface area (Å²) in [6, 6.07) is 14.4. The monoisotopic (exact) mass is 512 g/mol. The van der Waals surface area contributed by atoms with Crippen LogP contribution in [0, 0.1) is 0 Å². The van der Waals surface area contributed by atoms with E-state index >= 15 is 0 Å². The summed E-state index contributed by atoms with van der Waals surface area (Å²) in [5.74, 6) is 2.62. The van der Waals surface area contributed by atoms with Gasteiger partial charge in [-0.25, -0.2) is 0 Å². The Morgan fingerprint density at radius 1 is 0.579 bits per heavy atom. The second-order valence-corrected chi connectivity index (χ2v) is 10.9. The zero-order chi connectivity index (χ0) is 27.4. The molecule has 2 nitrogen and oxygen atoms in total. The molecular formula is C36H52N2. The number of allylic oxidation sites excluding steroid dienone is 2. The highest BCUT2D eigenvalue weighted by Crippen LogP contribution is 2.30. The lowest BCUT2D eigenvalue weighted by Gasteiger charge is -2.16. The lowest BCUT2D eigenvalue weighted by Crippen LogP contribution is -1.99. The van der Waals surface area contributed by atoms with Gasteiger partial charge in [0.15, 0.2) is 0 Å². The number of nitrogens with zero attached hydrogens (tertiary/aromatic N) is 2. The Labute approximate surface area is 233 Å². The van der Waals surface area contributed by atoms with E-state index in [1.807, 2.05) is 0 Å². The SMILES string of the molecule is CCCCCCc1cc(CCCCCC)cc(C(=CC=C=[N+]=[N-])c2cc(CCCC)cc(CCCC)c2)c1. The number of benzene rings is 2. The average molecular weight is 513 g/mol. The molecule has 0 fully saturated rings. The third kappa shape index (κ3) is 11.8. The maximum atomic E-state index is 9.03. The van der Waals surface area contributed by atoms with Crippen LogP contribution in [0.25, 0.3) is 11.1 Å². The first-order valence-electron chi connectivity index (χ1n) is 15.5. The molecule has 0 unspecified atom stereocenters. The van der Waals surface area contributed by atoms with Crippen molar-refractivity contribution in [3.05, 3.63) is 87.5 Å². The van der Waals surface area contributed by atoms with E-state index in [-0.39, 0.29) is 0 Å². The van der Waals surface area contributed by atoms with Crippen LogP contribution in [0.15, 0.2) is 48.6 Å². The van der Waals surface area contributed by atoms with Crippen LogP contribution in [0.4, 0.5) is 0 Å². The maximum Gasteiger partial charge on any atom is 0.299 e. The van der Waals surface area contributed by atoms with Gasteiger partial charge in [0.1, 0.15) is 0 Å². The Morgan fingerprint density at radius 2 is 0.974 bits per heavy atom. The third-order valence-electron chi connectivity index (χ3n) is 7.39. The summed E-state index contributed by atoms with van der Waals surface area (Å²) >= 11 is 0. The van der Waals surface area contributed by atoms with Crippen LogP contribution in [0.5, 0.6) is 0 Å². The predicted octanol–water partition coefficient (Wildman–Crippen LogP) is 10.5. The van der Waals surface area contributed by atoms with Crippen LogP contribution in [0.3, 0.4) is 0 Å². The molecule has 206 valence electrons. The molecule has 2 heteroatoms. The molecule has 0 aliphatic rings. The molecule has 0 heterocycles. The van der Waals surface area contributed by atoms with Gasteiger partial charge < -0.3 is 5.53 Å². The Balaban J connectivity index is 2.56. The van der Waals surface area contributed by atoms with Gasteiger partial charge in [-0.2, -0.15) is 0 Å². The van der Waals surface area contributed by atoms with Crippen LogP contribution >= 0.6 is 0 Å². The molecule has 0 aliphatic heterocycles.